The van der Waals surface area contributed by atoms with Crippen LogP contribution in [0.5, 0.6) is 0 Å². The highest BCUT2D eigenvalue weighted by Crippen LogP contribution is 2.24. The Labute approximate surface area is 177 Å². The average molecular weight is 428 g/mol. The largest absolute Gasteiger partial charge is 0.383 e. The summed E-state index contributed by atoms with van der Waals surface area (Å²) in [5.74, 6) is -2.29. The number of hydrogen-bond acceptors (Lipinski definition) is 4. The molecule has 0 unspecified atom stereocenters. The van der Waals surface area contributed by atoms with Gasteiger partial charge in [-0.2, -0.15) is 5.10 Å². The van der Waals surface area contributed by atoms with Crippen LogP contribution in [0.15, 0.2) is 36.4 Å². The van der Waals surface area contributed by atoms with E-state index in [9.17, 15) is 14.0 Å². The van der Waals surface area contributed by atoms with Crippen molar-refractivity contribution in [3.05, 3.63) is 64.9 Å². The predicted molar refractivity (Wildman–Crippen MR) is 113 cm³/mol. The molecule has 1 atom stereocenters. The van der Waals surface area contributed by atoms with E-state index >= 15 is 4.39 Å². The molecule has 3 rings (SSSR count). The number of halogens is 2. The molecular weight excluding hydrogens is 406 g/mol. The minimum Gasteiger partial charge on any atom is -0.383 e. The van der Waals surface area contributed by atoms with Gasteiger partial charge in [0.1, 0.15) is 17.7 Å². The third-order valence-electron chi connectivity index (χ3n) is 4.57. The number of hydrogen-bond donors (Lipinski definition) is 3. The second-order valence-electron chi connectivity index (χ2n) is 6.83. The van der Waals surface area contributed by atoms with Crippen LogP contribution in [0.2, 0.25) is 0 Å². The van der Waals surface area contributed by atoms with E-state index in [1.807, 2.05) is 0 Å². The van der Waals surface area contributed by atoms with Gasteiger partial charge >= 0.3 is 0 Å². The van der Waals surface area contributed by atoms with Crippen molar-refractivity contribution in [1.29, 1.82) is 0 Å². The highest BCUT2D eigenvalue weighted by atomic mass is 19.1. The Morgan fingerprint density at radius 2 is 2.03 bits per heavy atom. The summed E-state index contributed by atoms with van der Waals surface area (Å²) < 4.78 is 33.4. The number of H-pyrrole nitrogens is 1. The van der Waals surface area contributed by atoms with Crippen molar-refractivity contribution in [1.82, 2.24) is 20.8 Å². The summed E-state index contributed by atoms with van der Waals surface area (Å²) >= 11 is 0. The van der Waals surface area contributed by atoms with Crippen LogP contribution in [0.25, 0.3) is 23.1 Å². The monoisotopic (exact) mass is 428 g/mol. The van der Waals surface area contributed by atoms with Crippen molar-refractivity contribution >= 4 is 34.9 Å². The van der Waals surface area contributed by atoms with Crippen molar-refractivity contribution in [2.75, 3.05) is 20.3 Å². The zero-order valence-corrected chi connectivity index (χ0v) is 17.0. The van der Waals surface area contributed by atoms with Crippen LogP contribution in [-0.2, 0) is 9.53 Å². The number of fused-ring (bicyclic) bond motifs is 1. The van der Waals surface area contributed by atoms with Gasteiger partial charge in [0.2, 0.25) is 5.91 Å². The second kappa shape index (κ2) is 9.94. The summed E-state index contributed by atoms with van der Waals surface area (Å²) in [7, 11) is 1.51. The summed E-state index contributed by atoms with van der Waals surface area (Å²) in [6.07, 6.45) is 3.13. The molecule has 2 aromatic carbocycles. The molecule has 31 heavy (non-hydrogen) atoms. The minimum atomic E-state index is -0.865. The van der Waals surface area contributed by atoms with Crippen molar-refractivity contribution in [3.63, 3.8) is 0 Å². The van der Waals surface area contributed by atoms with Gasteiger partial charge < -0.3 is 15.4 Å². The summed E-state index contributed by atoms with van der Waals surface area (Å²) in [6, 6.07) is 7.90. The number of carbonyl (C=O) groups is 2. The number of aromatic amines is 1. The van der Waals surface area contributed by atoms with Crippen molar-refractivity contribution in [2.24, 2.45) is 0 Å². The van der Waals surface area contributed by atoms with Crippen LogP contribution >= 0.6 is 0 Å². The smallest absolute Gasteiger partial charge is 0.254 e. The molecule has 3 N–H and O–H groups in total. The molecule has 9 heteroatoms. The third kappa shape index (κ3) is 5.32. The van der Waals surface area contributed by atoms with Crippen LogP contribution in [0.3, 0.4) is 0 Å². The van der Waals surface area contributed by atoms with Crippen LogP contribution in [0.4, 0.5) is 8.78 Å². The first-order valence-electron chi connectivity index (χ1n) is 9.58. The van der Waals surface area contributed by atoms with E-state index in [0.29, 0.717) is 24.2 Å². The number of carbonyl (C=O) groups excluding carboxylic acids is 2. The molecule has 1 heterocycles. The van der Waals surface area contributed by atoms with Crippen LogP contribution in [-0.4, -0.2) is 48.3 Å². The molecule has 0 bridgehead atoms. The van der Waals surface area contributed by atoms with Gasteiger partial charge in [-0.15, -0.1) is 0 Å². The van der Waals surface area contributed by atoms with E-state index in [2.05, 4.69) is 20.8 Å². The molecule has 0 spiro atoms. The molecule has 7 nitrogen and oxygen atoms in total. The maximum Gasteiger partial charge on any atom is 0.254 e. The molecule has 0 aliphatic carbocycles. The highest BCUT2D eigenvalue weighted by molar-refractivity contribution is 6.02. The minimum absolute atomic E-state index is 0.123. The fourth-order valence-electron chi connectivity index (χ4n) is 2.95. The lowest BCUT2D eigenvalue weighted by Gasteiger charge is -2.14. The number of nitrogens with one attached hydrogen (secondary N) is 3. The number of ether oxygens (including phenoxy) is 1. The number of aromatic nitrogens is 2. The lowest BCUT2D eigenvalue weighted by molar-refractivity contribution is -0.122. The molecule has 0 saturated heterocycles. The Balaban J connectivity index is 1.81. The second-order valence-corrected chi connectivity index (χ2v) is 6.83. The van der Waals surface area contributed by atoms with Gasteiger partial charge in [0, 0.05) is 13.7 Å². The lowest BCUT2D eigenvalue weighted by Crippen LogP contribution is -2.45. The summed E-state index contributed by atoms with van der Waals surface area (Å²) in [5.41, 5.74) is 1.03. The molecule has 1 aromatic heterocycles. The lowest BCUT2D eigenvalue weighted by atomic mass is 10.1. The Morgan fingerprint density at radius 3 is 2.77 bits per heavy atom. The number of nitrogens with zero attached hydrogens (tertiary/aromatic N) is 1. The van der Waals surface area contributed by atoms with E-state index in [1.165, 1.54) is 44.4 Å². The van der Waals surface area contributed by atoms with Gasteiger partial charge in [0.25, 0.3) is 5.91 Å². The molecule has 0 aliphatic heterocycles. The topological polar surface area (TPSA) is 96.1 Å². The Hall–Kier alpha value is -3.59. The third-order valence-corrected chi connectivity index (χ3v) is 4.57. The van der Waals surface area contributed by atoms with Gasteiger partial charge in [0.05, 0.1) is 28.8 Å². The quantitative estimate of drug-likeness (QED) is 0.481. The number of rotatable bonds is 8. The van der Waals surface area contributed by atoms with E-state index in [-0.39, 0.29) is 22.5 Å². The van der Waals surface area contributed by atoms with Crippen molar-refractivity contribution in [2.45, 2.75) is 13.0 Å². The first-order valence-corrected chi connectivity index (χ1v) is 9.58. The molecule has 0 fully saturated rings. The van der Waals surface area contributed by atoms with Crippen LogP contribution in [0, 0.1) is 11.6 Å². The van der Waals surface area contributed by atoms with E-state index < -0.39 is 23.7 Å². The van der Waals surface area contributed by atoms with Crippen LogP contribution in [0.1, 0.15) is 28.5 Å². The van der Waals surface area contributed by atoms with Gasteiger partial charge in [-0.05, 0) is 42.8 Å². The van der Waals surface area contributed by atoms with Crippen molar-refractivity contribution < 1.29 is 23.1 Å². The van der Waals surface area contributed by atoms with E-state index in [1.54, 1.807) is 18.2 Å². The van der Waals surface area contributed by atoms with Crippen LogP contribution < -0.4 is 10.6 Å². The Morgan fingerprint density at radius 1 is 1.23 bits per heavy atom. The molecule has 0 saturated carbocycles. The molecule has 0 aliphatic rings. The van der Waals surface area contributed by atoms with Gasteiger partial charge in [-0.25, -0.2) is 8.78 Å². The molecule has 0 radical (unpaired) electrons. The highest BCUT2D eigenvalue weighted by Gasteiger charge is 2.21. The number of methoxy groups -OCH3 is 1. The van der Waals surface area contributed by atoms with Crippen molar-refractivity contribution in [3.8, 4) is 0 Å². The zero-order chi connectivity index (χ0) is 22.4. The molecule has 3 aromatic rings. The predicted octanol–water partition coefficient (Wildman–Crippen LogP) is 2.89. The maximum absolute atomic E-state index is 15.2. The number of amides is 2. The fraction of sp³-hybridized carbons (Fsp3) is 0.227. The Bertz CT molecular complexity index is 1130. The first-order chi connectivity index (χ1) is 14.9. The fourth-order valence-corrected chi connectivity index (χ4v) is 2.95. The molecule has 2 amide bonds. The zero-order valence-electron chi connectivity index (χ0n) is 17.0. The SMILES string of the molecule is COCCNC(=O)[C@H](C)NC(=O)c1ccc2[nH]nc(C=Cc3cccc(F)c3)c2c1F. The van der Waals surface area contributed by atoms with E-state index in [4.69, 9.17) is 4.74 Å². The molecule has 162 valence electrons. The summed E-state index contributed by atoms with van der Waals surface area (Å²) in [4.78, 5) is 24.6. The van der Waals surface area contributed by atoms with Gasteiger partial charge in [-0.1, -0.05) is 18.2 Å². The molecular formula is C22H22F2N4O3. The number of benzene rings is 2. The van der Waals surface area contributed by atoms with Gasteiger partial charge in [-0.3, -0.25) is 14.7 Å². The normalized spacial score (nSPS) is 12.3. The first kappa shape index (κ1) is 22.1. The average Bonchev–Trinajstić information content (AvgIpc) is 3.16. The van der Waals surface area contributed by atoms with Gasteiger partial charge in [0.15, 0.2) is 0 Å². The Kier molecular flexibility index (Phi) is 7.09. The summed E-state index contributed by atoms with van der Waals surface area (Å²) in [5, 5.41) is 12.0. The standard InChI is InChI=1S/C22H22F2N4O3/c1-13(21(29)25-10-11-31-2)26-22(30)16-7-9-18-19(20(16)24)17(27-28-18)8-6-14-4-3-5-15(23)12-14/h3-9,12-13H,10-11H2,1-2H3,(H,25,29)(H,26,30)(H,27,28)/t13-/m0/s1. The van der Waals surface area contributed by atoms with E-state index in [0.717, 1.165) is 0 Å². The summed E-state index contributed by atoms with van der Waals surface area (Å²) in [6.45, 7) is 2.14. The maximum atomic E-state index is 15.2.